The van der Waals surface area contributed by atoms with Crippen LogP contribution in [0.2, 0.25) is 0 Å². The highest BCUT2D eigenvalue weighted by Crippen LogP contribution is 2.55. The Morgan fingerprint density at radius 2 is 0.720 bits per heavy atom. The fraction of sp³-hybridized carbons (Fsp3) is 0. The third kappa shape index (κ3) is 3.25. The van der Waals surface area contributed by atoms with Crippen molar-refractivity contribution >= 4 is 87.2 Å². The molecule has 4 heteroatoms. The highest BCUT2D eigenvalue weighted by Gasteiger charge is 2.30. The van der Waals surface area contributed by atoms with Gasteiger partial charge in [-0.25, -0.2) is 0 Å². The summed E-state index contributed by atoms with van der Waals surface area (Å²) < 4.78 is 14.4. The highest BCUT2D eigenvalue weighted by molar-refractivity contribution is 6.35. The van der Waals surface area contributed by atoms with E-state index in [9.17, 15) is 0 Å². The van der Waals surface area contributed by atoms with E-state index in [1.807, 2.05) is 24.5 Å². The van der Waals surface area contributed by atoms with Crippen LogP contribution in [0, 0.1) is 0 Å². The molecule has 10 aromatic rings. The van der Waals surface area contributed by atoms with Crippen LogP contribution in [0.15, 0.2) is 155 Å². The van der Waals surface area contributed by atoms with Crippen LogP contribution in [0.1, 0.15) is 0 Å². The average Bonchev–Trinajstić information content (AvgIpc) is 3.18. The van der Waals surface area contributed by atoms with Crippen LogP contribution in [-0.2, 0) is 0 Å². The van der Waals surface area contributed by atoms with E-state index in [1.165, 1.54) is 10.8 Å². The maximum absolute atomic E-state index is 7.22. The first-order valence-corrected chi connectivity index (χ1v) is 16.9. The van der Waals surface area contributed by atoms with E-state index >= 15 is 0 Å². The third-order valence-corrected chi connectivity index (χ3v) is 10.7. The Balaban J connectivity index is 1.33. The van der Waals surface area contributed by atoms with E-state index in [2.05, 4.69) is 121 Å². The Morgan fingerprint density at radius 1 is 0.320 bits per heavy atom. The predicted octanol–water partition coefficient (Wildman–Crippen LogP) is 12.8. The van der Waals surface area contributed by atoms with Crippen molar-refractivity contribution in [3.8, 4) is 33.4 Å². The van der Waals surface area contributed by atoms with E-state index in [0.29, 0.717) is 0 Å². The smallest absolute Gasteiger partial charge is 0.144 e. The molecule has 0 amide bonds. The Kier molecular flexibility index (Phi) is 4.94. The second-order valence-corrected chi connectivity index (χ2v) is 13.2. The number of hydrogen-bond donors (Lipinski definition) is 0. The summed E-state index contributed by atoms with van der Waals surface area (Å²) >= 11 is 0. The van der Waals surface area contributed by atoms with Crippen molar-refractivity contribution in [1.29, 1.82) is 0 Å². The molecule has 4 heterocycles. The first kappa shape index (κ1) is 26.2. The lowest BCUT2D eigenvalue weighted by molar-refractivity contribution is 0.648. The fourth-order valence-electron chi connectivity index (χ4n) is 8.71. The van der Waals surface area contributed by atoms with Gasteiger partial charge in [0.2, 0.25) is 0 Å². The third-order valence-electron chi connectivity index (χ3n) is 10.7. The molecule has 12 rings (SSSR count). The van der Waals surface area contributed by atoms with Gasteiger partial charge in [-0.3, -0.25) is 9.97 Å². The Hall–Kier alpha value is -6.78. The number of aromatic nitrogens is 2. The van der Waals surface area contributed by atoms with Gasteiger partial charge < -0.3 is 8.83 Å². The number of pyridine rings is 2. The predicted molar refractivity (Wildman–Crippen MR) is 205 cm³/mol. The number of benzene rings is 8. The van der Waals surface area contributed by atoms with Gasteiger partial charge >= 0.3 is 0 Å². The van der Waals surface area contributed by atoms with E-state index < -0.39 is 0 Å². The van der Waals surface area contributed by atoms with Crippen LogP contribution < -0.4 is 0 Å². The summed E-state index contributed by atoms with van der Waals surface area (Å²) in [4.78, 5) is 9.40. The molecule has 0 spiro atoms. The first-order chi connectivity index (χ1) is 24.8. The molecule has 2 aromatic heterocycles. The Morgan fingerprint density at radius 3 is 1.18 bits per heavy atom. The van der Waals surface area contributed by atoms with Gasteiger partial charge in [-0.2, -0.15) is 0 Å². The van der Waals surface area contributed by atoms with Gasteiger partial charge in [0.25, 0.3) is 0 Å². The monoisotopic (exact) mass is 636 g/mol. The Bertz CT molecular complexity index is 3100. The van der Waals surface area contributed by atoms with Gasteiger partial charge in [-0.15, -0.1) is 0 Å². The zero-order chi connectivity index (χ0) is 32.5. The number of para-hydroxylation sites is 2. The molecule has 0 saturated heterocycles. The van der Waals surface area contributed by atoms with Crippen LogP contribution in [0.25, 0.3) is 121 Å². The molecule has 0 fully saturated rings. The lowest BCUT2D eigenvalue weighted by Gasteiger charge is -2.24. The summed E-state index contributed by atoms with van der Waals surface area (Å²) in [5.41, 5.74) is 11.8. The minimum atomic E-state index is 0.832. The van der Waals surface area contributed by atoms with Crippen molar-refractivity contribution in [3.63, 3.8) is 0 Å². The van der Waals surface area contributed by atoms with Gasteiger partial charge in [-0.1, -0.05) is 84.9 Å². The summed E-state index contributed by atoms with van der Waals surface area (Å²) in [6.07, 6.45) is 3.80. The van der Waals surface area contributed by atoms with Gasteiger partial charge in [0.05, 0.1) is 11.0 Å². The first-order valence-electron chi connectivity index (χ1n) is 16.9. The average molecular weight is 637 g/mol. The molecule has 0 bridgehead atoms. The number of fused-ring (bicyclic) bond motifs is 6. The van der Waals surface area contributed by atoms with Crippen LogP contribution in [0.3, 0.4) is 0 Å². The van der Waals surface area contributed by atoms with Gasteiger partial charge in [0, 0.05) is 56.2 Å². The van der Waals surface area contributed by atoms with Crippen molar-refractivity contribution in [1.82, 2.24) is 9.97 Å². The molecule has 0 radical (unpaired) electrons. The molecular formula is C46H24N2O2. The maximum atomic E-state index is 7.22. The summed E-state index contributed by atoms with van der Waals surface area (Å²) in [5.74, 6) is 0. The van der Waals surface area contributed by atoms with E-state index in [-0.39, 0.29) is 0 Å². The molecule has 2 aliphatic rings. The highest BCUT2D eigenvalue weighted by atomic mass is 16.3. The molecule has 4 nitrogen and oxygen atoms in total. The lowest BCUT2D eigenvalue weighted by Crippen LogP contribution is -1.99. The van der Waals surface area contributed by atoms with Crippen molar-refractivity contribution in [2.75, 3.05) is 0 Å². The number of nitrogens with zero attached hydrogens (tertiary/aromatic N) is 2. The zero-order valence-electron chi connectivity index (χ0n) is 26.6. The van der Waals surface area contributed by atoms with Crippen molar-refractivity contribution in [2.45, 2.75) is 0 Å². The van der Waals surface area contributed by atoms with Gasteiger partial charge in [0.1, 0.15) is 22.3 Å². The summed E-state index contributed by atoms with van der Waals surface area (Å²) in [7, 11) is 0. The molecule has 50 heavy (non-hydrogen) atoms. The van der Waals surface area contributed by atoms with E-state index in [4.69, 9.17) is 18.8 Å². The van der Waals surface area contributed by atoms with Crippen molar-refractivity contribution in [2.24, 2.45) is 0 Å². The number of hydrogen-bond acceptors (Lipinski definition) is 4. The molecule has 0 aliphatic carbocycles. The van der Waals surface area contributed by atoms with Crippen LogP contribution >= 0.6 is 0 Å². The SMILES string of the molecule is c1ccc2c(-c3c4ccccc4c4ccc5oc6c(-c7ccnc8ccccc78)c7ccccc7c7ccc8oc3c4c5-c8c67)ccnc2c1. The summed E-state index contributed by atoms with van der Waals surface area (Å²) in [5, 5.41) is 11.3. The normalized spacial score (nSPS) is 12.4. The number of rotatable bonds is 2. The minimum Gasteiger partial charge on any atom is -0.455 e. The van der Waals surface area contributed by atoms with Gasteiger partial charge in [0.15, 0.2) is 0 Å². The standard InChI is InChI=1S/C46H24N2O2/c1-3-13-29-25(9-1)31-17-19-37-43-41(31)45(39(29)33-21-23-47-35-15-7-5-11-27(33)35)49-38-20-18-32-26-10-2-4-14-30(26)40(46(50-37)42(32)44(38)43)34-22-24-48-36-16-8-6-12-28(34)36/h1-24H. The van der Waals surface area contributed by atoms with Gasteiger partial charge in [-0.05, 0) is 92.0 Å². The quantitative estimate of drug-likeness (QED) is 0.140. The summed E-state index contributed by atoms with van der Waals surface area (Å²) in [6, 6.07) is 47.0. The van der Waals surface area contributed by atoms with Crippen molar-refractivity contribution < 1.29 is 8.83 Å². The summed E-state index contributed by atoms with van der Waals surface area (Å²) in [6.45, 7) is 0. The fourth-order valence-corrected chi connectivity index (χ4v) is 8.71. The molecule has 8 aromatic carbocycles. The zero-order valence-corrected chi connectivity index (χ0v) is 26.6. The molecule has 0 saturated carbocycles. The minimum absolute atomic E-state index is 0.832. The molecule has 230 valence electrons. The van der Waals surface area contributed by atoms with Crippen LogP contribution in [0.5, 0.6) is 0 Å². The molecule has 2 aliphatic heterocycles. The van der Waals surface area contributed by atoms with E-state index in [0.717, 1.165) is 110 Å². The molecule has 0 unspecified atom stereocenters. The second kappa shape index (κ2) is 9.43. The molecule has 0 atom stereocenters. The topological polar surface area (TPSA) is 52.1 Å². The molecule has 0 N–H and O–H groups in total. The van der Waals surface area contributed by atoms with Crippen LogP contribution in [-0.4, -0.2) is 9.97 Å². The largest absolute Gasteiger partial charge is 0.455 e. The lowest BCUT2D eigenvalue weighted by atomic mass is 9.83. The van der Waals surface area contributed by atoms with Crippen molar-refractivity contribution in [3.05, 3.63) is 146 Å². The van der Waals surface area contributed by atoms with Crippen LogP contribution in [0.4, 0.5) is 0 Å². The Labute approximate surface area is 284 Å². The maximum Gasteiger partial charge on any atom is 0.144 e. The van der Waals surface area contributed by atoms with E-state index in [1.54, 1.807) is 0 Å². The second-order valence-electron chi connectivity index (χ2n) is 13.2. The molecular weight excluding hydrogens is 613 g/mol.